The summed E-state index contributed by atoms with van der Waals surface area (Å²) in [6.07, 6.45) is 1.05. The van der Waals surface area contributed by atoms with Gasteiger partial charge >= 0.3 is 6.03 Å². The zero-order valence-corrected chi connectivity index (χ0v) is 19.3. The van der Waals surface area contributed by atoms with Gasteiger partial charge in [-0.2, -0.15) is 0 Å². The molecule has 2 heterocycles. The van der Waals surface area contributed by atoms with Gasteiger partial charge in [0.1, 0.15) is 12.4 Å². The third-order valence-electron chi connectivity index (χ3n) is 7.03. The van der Waals surface area contributed by atoms with Gasteiger partial charge in [-0.25, -0.2) is 4.79 Å². The van der Waals surface area contributed by atoms with Gasteiger partial charge in [0.2, 0.25) is 0 Å². The van der Waals surface area contributed by atoms with E-state index in [1.54, 1.807) is 0 Å². The Bertz CT molecular complexity index is 1100. The fraction of sp³-hybridized carbons (Fsp3) is 0.321. The molecule has 5 nitrogen and oxygen atoms in total. The number of benzene rings is 3. The van der Waals surface area contributed by atoms with Crippen molar-refractivity contribution in [2.24, 2.45) is 0 Å². The van der Waals surface area contributed by atoms with Gasteiger partial charge in [-0.15, -0.1) is 0 Å². The molecule has 5 rings (SSSR count). The van der Waals surface area contributed by atoms with Gasteiger partial charge in [-0.3, -0.25) is 4.90 Å². The first-order valence-electron chi connectivity index (χ1n) is 11.7. The number of carbonyl (C=O) groups is 1. The number of piperazine rings is 1. The van der Waals surface area contributed by atoms with Crippen LogP contribution in [-0.4, -0.2) is 41.0 Å². The molecule has 2 aliphatic heterocycles. The Morgan fingerprint density at radius 1 is 0.970 bits per heavy atom. The SMILES string of the molecule is Cc1ccccc1C(C)N1CC2CC1CN2C(=O)Nc1ccc(OCc2ccccc2)cc1. The standard InChI is InChI=1S/C28H31N3O2/c1-20-8-6-7-11-27(20)21(2)30-17-25-16-24(30)18-31(25)28(32)29-23-12-14-26(15-13-23)33-19-22-9-4-3-5-10-22/h3-15,21,24-25H,16-19H2,1-2H3,(H,29,32). The van der Waals surface area contributed by atoms with E-state index < -0.39 is 0 Å². The van der Waals surface area contributed by atoms with Crippen LogP contribution in [-0.2, 0) is 6.61 Å². The molecule has 1 N–H and O–H groups in total. The number of anilines is 1. The number of aryl methyl sites for hydroxylation is 1. The van der Waals surface area contributed by atoms with E-state index in [1.165, 1.54) is 11.1 Å². The lowest BCUT2D eigenvalue weighted by Crippen LogP contribution is -2.50. The van der Waals surface area contributed by atoms with Crippen molar-refractivity contribution in [2.45, 2.75) is 45.0 Å². The molecule has 3 unspecified atom stereocenters. The number of rotatable bonds is 6. The van der Waals surface area contributed by atoms with Gasteiger partial charge in [0.05, 0.1) is 0 Å². The Morgan fingerprint density at radius 2 is 1.70 bits per heavy atom. The number of nitrogens with one attached hydrogen (secondary N) is 1. The van der Waals surface area contributed by atoms with Gasteiger partial charge in [0.15, 0.2) is 0 Å². The molecule has 2 aliphatic rings. The molecule has 3 aromatic rings. The number of fused-ring (bicyclic) bond motifs is 2. The molecule has 0 aliphatic carbocycles. The van der Waals surface area contributed by atoms with E-state index in [0.717, 1.165) is 36.5 Å². The van der Waals surface area contributed by atoms with E-state index in [-0.39, 0.29) is 12.1 Å². The van der Waals surface area contributed by atoms with Crippen molar-refractivity contribution >= 4 is 11.7 Å². The summed E-state index contributed by atoms with van der Waals surface area (Å²) in [6.45, 7) is 6.71. The number of carbonyl (C=O) groups excluding carboxylic acids is 1. The lowest BCUT2D eigenvalue weighted by Gasteiger charge is -2.38. The van der Waals surface area contributed by atoms with Crippen LogP contribution in [0, 0.1) is 6.92 Å². The molecule has 170 valence electrons. The first-order valence-corrected chi connectivity index (χ1v) is 11.7. The van der Waals surface area contributed by atoms with Crippen molar-refractivity contribution in [1.29, 1.82) is 0 Å². The van der Waals surface area contributed by atoms with Gasteiger partial charge in [-0.1, -0.05) is 54.6 Å². The highest BCUT2D eigenvalue weighted by molar-refractivity contribution is 5.90. The minimum absolute atomic E-state index is 0.0105. The number of hydrogen-bond donors (Lipinski definition) is 1. The van der Waals surface area contributed by atoms with Crippen molar-refractivity contribution in [1.82, 2.24) is 9.80 Å². The van der Waals surface area contributed by atoms with Crippen molar-refractivity contribution < 1.29 is 9.53 Å². The number of likely N-dealkylation sites (tertiary alicyclic amines) is 2. The van der Waals surface area contributed by atoms with E-state index in [2.05, 4.69) is 48.3 Å². The van der Waals surface area contributed by atoms with Crippen molar-refractivity contribution in [3.8, 4) is 5.75 Å². The maximum absolute atomic E-state index is 13.0. The Balaban J connectivity index is 1.15. The van der Waals surface area contributed by atoms with Gasteiger partial charge in [-0.05, 0) is 61.2 Å². The first-order chi connectivity index (χ1) is 16.1. The highest BCUT2D eigenvalue weighted by atomic mass is 16.5. The first kappa shape index (κ1) is 21.5. The zero-order valence-electron chi connectivity index (χ0n) is 19.3. The van der Waals surface area contributed by atoms with E-state index in [9.17, 15) is 4.79 Å². The third-order valence-corrected chi connectivity index (χ3v) is 7.03. The largest absolute Gasteiger partial charge is 0.489 e. The number of nitrogens with zero attached hydrogens (tertiary/aromatic N) is 2. The third kappa shape index (κ3) is 4.60. The normalized spacial score (nSPS) is 20.6. The number of ether oxygens (including phenoxy) is 1. The Morgan fingerprint density at radius 3 is 2.39 bits per heavy atom. The molecule has 0 saturated carbocycles. The van der Waals surface area contributed by atoms with E-state index >= 15 is 0 Å². The maximum Gasteiger partial charge on any atom is 0.322 e. The Hall–Kier alpha value is -3.31. The van der Waals surface area contributed by atoms with Crippen LogP contribution in [0.3, 0.4) is 0 Å². The van der Waals surface area contributed by atoms with E-state index in [1.807, 2.05) is 59.5 Å². The van der Waals surface area contributed by atoms with Gasteiger partial charge < -0.3 is 15.0 Å². The second-order valence-electron chi connectivity index (χ2n) is 9.15. The number of urea groups is 1. The number of hydrogen-bond acceptors (Lipinski definition) is 3. The van der Waals surface area contributed by atoms with Gasteiger partial charge in [0.25, 0.3) is 0 Å². The minimum Gasteiger partial charge on any atom is -0.489 e. The minimum atomic E-state index is -0.0105. The molecular formula is C28H31N3O2. The van der Waals surface area contributed by atoms with Gasteiger partial charge in [0, 0.05) is 36.9 Å². The molecule has 2 fully saturated rings. The maximum atomic E-state index is 13.0. The predicted octanol–water partition coefficient (Wildman–Crippen LogP) is 5.63. The summed E-state index contributed by atoms with van der Waals surface area (Å²) in [4.78, 5) is 17.5. The van der Waals surface area contributed by atoms with Crippen LogP contribution >= 0.6 is 0 Å². The summed E-state index contributed by atoms with van der Waals surface area (Å²) in [5.41, 5.74) is 4.64. The molecule has 33 heavy (non-hydrogen) atoms. The molecule has 2 saturated heterocycles. The molecule has 2 amide bonds. The van der Waals surface area contributed by atoms with Crippen LogP contribution in [0.4, 0.5) is 10.5 Å². The van der Waals surface area contributed by atoms with Crippen molar-refractivity contribution in [3.63, 3.8) is 0 Å². The number of amides is 2. The molecule has 0 spiro atoms. The predicted molar refractivity (Wildman–Crippen MR) is 131 cm³/mol. The second kappa shape index (κ2) is 9.28. The Labute approximate surface area is 196 Å². The zero-order chi connectivity index (χ0) is 22.8. The van der Waals surface area contributed by atoms with Crippen LogP contribution in [0.15, 0.2) is 78.9 Å². The molecular weight excluding hydrogens is 410 g/mol. The van der Waals surface area contributed by atoms with Crippen LogP contribution in [0.25, 0.3) is 0 Å². The van der Waals surface area contributed by atoms with Crippen LogP contribution < -0.4 is 10.1 Å². The summed E-state index contributed by atoms with van der Waals surface area (Å²) in [5, 5.41) is 3.07. The molecule has 0 aromatic heterocycles. The van der Waals surface area contributed by atoms with E-state index in [0.29, 0.717) is 18.7 Å². The molecule has 3 aromatic carbocycles. The summed E-state index contributed by atoms with van der Waals surface area (Å²) >= 11 is 0. The lowest BCUT2D eigenvalue weighted by molar-refractivity contribution is 0.115. The summed E-state index contributed by atoms with van der Waals surface area (Å²) < 4.78 is 5.84. The lowest BCUT2D eigenvalue weighted by atomic mass is 10.0. The molecule has 0 radical (unpaired) electrons. The molecule has 2 bridgehead atoms. The topological polar surface area (TPSA) is 44.8 Å². The summed E-state index contributed by atoms with van der Waals surface area (Å²) in [5.74, 6) is 0.790. The average molecular weight is 442 g/mol. The summed E-state index contributed by atoms with van der Waals surface area (Å²) in [6, 6.07) is 27.4. The van der Waals surface area contributed by atoms with Crippen LogP contribution in [0.1, 0.15) is 36.1 Å². The highest BCUT2D eigenvalue weighted by Crippen LogP contribution is 2.37. The fourth-order valence-electron chi connectivity index (χ4n) is 5.23. The molecule has 5 heteroatoms. The van der Waals surface area contributed by atoms with Crippen molar-refractivity contribution in [3.05, 3.63) is 95.6 Å². The van der Waals surface area contributed by atoms with E-state index in [4.69, 9.17) is 4.74 Å². The average Bonchev–Trinajstić information content (AvgIpc) is 3.46. The fourth-order valence-corrected chi connectivity index (χ4v) is 5.23. The van der Waals surface area contributed by atoms with Crippen LogP contribution in [0.2, 0.25) is 0 Å². The smallest absolute Gasteiger partial charge is 0.322 e. The Kier molecular flexibility index (Phi) is 6.05. The molecule has 3 atom stereocenters. The second-order valence-corrected chi connectivity index (χ2v) is 9.15. The summed E-state index contributed by atoms with van der Waals surface area (Å²) in [7, 11) is 0. The van der Waals surface area contributed by atoms with Crippen molar-refractivity contribution in [2.75, 3.05) is 18.4 Å². The van der Waals surface area contributed by atoms with Crippen LogP contribution in [0.5, 0.6) is 5.75 Å². The monoisotopic (exact) mass is 441 g/mol. The highest BCUT2D eigenvalue weighted by Gasteiger charge is 2.46. The quantitative estimate of drug-likeness (QED) is 0.540.